The summed E-state index contributed by atoms with van der Waals surface area (Å²) < 4.78 is 12.9. The van der Waals surface area contributed by atoms with Crippen LogP contribution < -0.4 is 0 Å². The predicted molar refractivity (Wildman–Crippen MR) is 71.9 cm³/mol. The molecule has 1 rings (SSSR count). The first-order valence-corrected chi connectivity index (χ1v) is 6.84. The lowest BCUT2D eigenvalue weighted by atomic mass is 9.78. The minimum atomic E-state index is -0.278. The fourth-order valence-corrected chi connectivity index (χ4v) is 2.99. The van der Waals surface area contributed by atoms with Crippen LogP contribution in [0.15, 0.2) is 18.2 Å². The quantitative estimate of drug-likeness (QED) is 0.683. The standard InChI is InChI=1S/C13H17BrClF/c1-13(2,3)10(8-14)6-9-4-5-11(16)7-12(9)15/h4-5,7,10H,6,8H2,1-3H3. The van der Waals surface area contributed by atoms with E-state index in [9.17, 15) is 4.39 Å². The van der Waals surface area contributed by atoms with Crippen LogP contribution in [-0.4, -0.2) is 5.33 Å². The number of hydrogen-bond acceptors (Lipinski definition) is 0. The molecule has 0 nitrogen and oxygen atoms in total. The van der Waals surface area contributed by atoms with Gasteiger partial charge in [-0.15, -0.1) is 0 Å². The van der Waals surface area contributed by atoms with Crippen LogP contribution in [0.2, 0.25) is 5.02 Å². The van der Waals surface area contributed by atoms with E-state index in [1.165, 1.54) is 12.1 Å². The van der Waals surface area contributed by atoms with Crippen LogP contribution in [0.4, 0.5) is 4.39 Å². The summed E-state index contributed by atoms with van der Waals surface area (Å²) in [5, 5.41) is 1.44. The first kappa shape index (κ1) is 14.0. The molecule has 0 aromatic heterocycles. The molecule has 0 aliphatic heterocycles. The van der Waals surface area contributed by atoms with Crippen LogP contribution in [0.5, 0.6) is 0 Å². The Morgan fingerprint density at radius 1 is 1.38 bits per heavy atom. The molecule has 1 atom stereocenters. The van der Waals surface area contributed by atoms with Crippen molar-refractivity contribution in [3.05, 3.63) is 34.6 Å². The summed E-state index contributed by atoms with van der Waals surface area (Å²) in [4.78, 5) is 0. The third-order valence-electron chi connectivity index (χ3n) is 2.89. The molecule has 90 valence electrons. The lowest BCUT2D eigenvalue weighted by Gasteiger charge is -2.29. The van der Waals surface area contributed by atoms with Gasteiger partial charge in [0.15, 0.2) is 0 Å². The molecule has 0 N–H and O–H groups in total. The molecule has 1 aromatic rings. The van der Waals surface area contributed by atoms with Crippen molar-refractivity contribution in [2.45, 2.75) is 27.2 Å². The van der Waals surface area contributed by atoms with Gasteiger partial charge >= 0.3 is 0 Å². The maximum Gasteiger partial charge on any atom is 0.124 e. The molecule has 0 spiro atoms. The predicted octanol–water partition coefficient (Wildman–Crippen LogP) is 5.08. The van der Waals surface area contributed by atoms with E-state index in [0.29, 0.717) is 10.9 Å². The zero-order valence-electron chi connectivity index (χ0n) is 9.86. The molecule has 0 radical (unpaired) electrons. The first-order chi connectivity index (χ1) is 7.34. The largest absolute Gasteiger partial charge is 0.207 e. The van der Waals surface area contributed by atoms with E-state index in [2.05, 4.69) is 36.7 Å². The van der Waals surface area contributed by atoms with E-state index in [4.69, 9.17) is 11.6 Å². The molecule has 0 saturated carbocycles. The minimum absolute atomic E-state index is 0.210. The van der Waals surface area contributed by atoms with E-state index >= 15 is 0 Å². The molecule has 0 aliphatic carbocycles. The van der Waals surface area contributed by atoms with Crippen LogP contribution >= 0.6 is 27.5 Å². The highest BCUT2D eigenvalue weighted by molar-refractivity contribution is 9.09. The van der Waals surface area contributed by atoms with Crippen molar-refractivity contribution in [1.29, 1.82) is 0 Å². The average Bonchev–Trinajstić information content (AvgIpc) is 2.14. The van der Waals surface area contributed by atoms with Crippen LogP contribution in [0.3, 0.4) is 0 Å². The number of halogens is 3. The van der Waals surface area contributed by atoms with E-state index in [0.717, 1.165) is 17.3 Å². The molecular formula is C13H17BrClF. The van der Waals surface area contributed by atoms with E-state index < -0.39 is 0 Å². The van der Waals surface area contributed by atoms with Crippen LogP contribution in [-0.2, 0) is 6.42 Å². The highest BCUT2D eigenvalue weighted by atomic mass is 79.9. The van der Waals surface area contributed by atoms with Crippen LogP contribution in [0.25, 0.3) is 0 Å². The van der Waals surface area contributed by atoms with Crippen molar-refractivity contribution in [1.82, 2.24) is 0 Å². The summed E-state index contributed by atoms with van der Waals surface area (Å²) in [6, 6.07) is 4.62. The van der Waals surface area contributed by atoms with E-state index in [1.807, 2.05) is 0 Å². The van der Waals surface area contributed by atoms with Gasteiger partial charge in [-0.3, -0.25) is 0 Å². The Balaban J connectivity index is 2.86. The highest BCUT2D eigenvalue weighted by Crippen LogP contribution is 2.32. The lowest BCUT2D eigenvalue weighted by Crippen LogP contribution is -2.24. The SMILES string of the molecule is CC(C)(C)C(CBr)Cc1ccc(F)cc1Cl. The van der Waals surface area contributed by atoms with Gasteiger partial charge in [-0.1, -0.05) is 54.4 Å². The first-order valence-electron chi connectivity index (χ1n) is 5.34. The smallest absolute Gasteiger partial charge is 0.124 e. The van der Waals surface area contributed by atoms with Gasteiger partial charge in [0.1, 0.15) is 5.82 Å². The Morgan fingerprint density at radius 2 is 2.00 bits per heavy atom. The number of hydrogen-bond donors (Lipinski definition) is 0. The van der Waals surface area contributed by atoms with Gasteiger partial charge in [0.05, 0.1) is 0 Å². The highest BCUT2D eigenvalue weighted by Gasteiger charge is 2.24. The van der Waals surface area contributed by atoms with Gasteiger partial charge in [-0.25, -0.2) is 4.39 Å². The molecule has 0 heterocycles. The molecule has 16 heavy (non-hydrogen) atoms. The Labute approximate surface area is 110 Å². The third-order valence-corrected chi connectivity index (χ3v) is 4.03. The van der Waals surface area contributed by atoms with Gasteiger partial charge in [0.25, 0.3) is 0 Å². The molecule has 3 heteroatoms. The van der Waals surface area contributed by atoms with Gasteiger partial charge in [-0.2, -0.15) is 0 Å². The number of rotatable bonds is 3. The molecule has 1 unspecified atom stereocenters. The van der Waals surface area contributed by atoms with Crippen molar-refractivity contribution in [3.8, 4) is 0 Å². The van der Waals surface area contributed by atoms with Crippen molar-refractivity contribution >= 4 is 27.5 Å². The maximum absolute atomic E-state index is 12.9. The summed E-state index contributed by atoms with van der Waals surface area (Å²) in [5.41, 5.74) is 1.23. The van der Waals surface area contributed by atoms with Gasteiger partial charge in [0.2, 0.25) is 0 Å². The van der Waals surface area contributed by atoms with Gasteiger partial charge in [0, 0.05) is 10.4 Å². The second-order valence-corrected chi connectivity index (χ2v) is 6.21. The Bertz CT molecular complexity index is 357. The minimum Gasteiger partial charge on any atom is -0.207 e. The van der Waals surface area contributed by atoms with Crippen LogP contribution in [0.1, 0.15) is 26.3 Å². The monoisotopic (exact) mass is 306 g/mol. The van der Waals surface area contributed by atoms with Crippen LogP contribution in [0, 0.1) is 17.2 Å². The molecule has 0 aliphatic rings. The summed E-state index contributed by atoms with van der Waals surface area (Å²) in [6.07, 6.45) is 0.869. The second kappa shape index (κ2) is 5.50. The summed E-state index contributed by atoms with van der Waals surface area (Å²) in [5.74, 6) is 0.204. The number of benzene rings is 1. The molecule has 0 saturated heterocycles. The Kier molecular flexibility index (Phi) is 4.81. The number of alkyl halides is 1. The molecule has 0 bridgehead atoms. The van der Waals surface area contributed by atoms with Crippen molar-refractivity contribution in [3.63, 3.8) is 0 Å². The molecule has 1 aromatic carbocycles. The van der Waals surface area contributed by atoms with E-state index in [1.54, 1.807) is 6.07 Å². The summed E-state index contributed by atoms with van der Waals surface area (Å²) in [6.45, 7) is 6.61. The summed E-state index contributed by atoms with van der Waals surface area (Å²) >= 11 is 9.56. The fraction of sp³-hybridized carbons (Fsp3) is 0.538. The molecule has 0 amide bonds. The van der Waals surface area contributed by atoms with Gasteiger partial charge in [-0.05, 0) is 35.4 Å². The average molecular weight is 308 g/mol. The van der Waals surface area contributed by atoms with Gasteiger partial charge < -0.3 is 0 Å². The maximum atomic E-state index is 12.9. The Hall–Kier alpha value is -0.0800. The molecule has 0 fully saturated rings. The molecular weight excluding hydrogens is 290 g/mol. The second-order valence-electron chi connectivity index (χ2n) is 5.16. The topological polar surface area (TPSA) is 0 Å². The fourth-order valence-electron chi connectivity index (χ4n) is 1.54. The van der Waals surface area contributed by atoms with Crippen molar-refractivity contribution < 1.29 is 4.39 Å². The van der Waals surface area contributed by atoms with E-state index in [-0.39, 0.29) is 11.2 Å². The Morgan fingerprint density at radius 3 is 2.44 bits per heavy atom. The summed E-state index contributed by atoms with van der Waals surface area (Å²) in [7, 11) is 0. The zero-order valence-corrected chi connectivity index (χ0v) is 12.2. The normalized spacial score (nSPS) is 13.9. The van der Waals surface area contributed by atoms with Crippen molar-refractivity contribution in [2.24, 2.45) is 11.3 Å². The zero-order chi connectivity index (χ0) is 12.3. The van der Waals surface area contributed by atoms with Crippen molar-refractivity contribution in [2.75, 3.05) is 5.33 Å². The third kappa shape index (κ3) is 3.74. The lowest BCUT2D eigenvalue weighted by molar-refractivity contribution is 0.267.